The SMILES string of the molecule is C=CC(=O)OCCCCCCC1CCC(c2ccc(-c3ccc(CCCCCCOc4ccc(N=Nc5ccc(N=Nc6ccc(CCCC)cc6)cc5)cc4)cc3)cc2)CC1. The van der Waals surface area contributed by atoms with Gasteiger partial charge in [-0.15, -0.1) is 0 Å². The zero-order chi connectivity index (χ0) is 43.0. The van der Waals surface area contributed by atoms with Gasteiger partial charge in [0.05, 0.1) is 36.0 Å². The average molecular weight is 831 g/mol. The quantitative estimate of drug-likeness (QED) is 0.0254. The summed E-state index contributed by atoms with van der Waals surface area (Å²) < 4.78 is 11.1. The van der Waals surface area contributed by atoms with Crippen LogP contribution in [0.25, 0.3) is 11.1 Å². The fraction of sp³-hybridized carbons (Fsp3) is 0.400. The molecule has 6 rings (SSSR count). The van der Waals surface area contributed by atoms with E-state index in [1.807, 2.05) is 60.7 Å². The highest BCUT2D eigenvalue weighted by Gasteiger charge is 2.22. The van der Waals surface area contributed by atoms with Crippen molar-refractivity contribution in [1.82, 2.24) is 0 Å². The molecule has 1 fully saturated rings. The summed E-state index contributed by atoms with van der Waals surface area (Å²) in [5.74, 6) is 2.09. The van der Waals surface area contributed by atoms with Crippen LogP contribution in [0.1, 0.15) is 126 Å². The maximum Gasteiger partial charge on any atom is 0.330 e. The van der Waals surface area contributed by atoms with Crippen molar-refractivity contribution in [3.63, 3.8) is 0 Å². The van der Waals surface area contributed by atoms with E-state index in [-0.39, 0.29) is 5.97 Å². The number of carbonyl (C=O) groups is 1. The third-order valence-electron chi connectivity index (χ3n) is 12.1. The molecule has 7 nitrogen and oxygen atoms in total. The van der Waals surface area contributed by atoms with Gasteiger partial charge in [-0.1, -0.05) is 119 Å². The van der Waals surface area contributed by atoms with Gasteiger partial charge < -0.3 is 9.47 Å². The number of nitrogens with zero attached hydrogens (tertiary/aromatic N) is 4. The van der Waals surface area contributed by atoms with Crippen molar-refractivity contribution in [2.24, 2.45) is 26.4 Å². The third-order valence-corrected chi connectivity index (χ3v) is 12.1. The van der Waals surface area contributed by atoms with E-state index < -0.39 is 0 Å². The van der Waals surface area contributed by atoms with Gasteiger partial charge in [-0.05, 0) is 165 Å². The number of hydrogen-bond acceptors (Lipinski definition) is 7. The molecule has 7 heteroatoms. The van der Waals surface area contributed by atoms with Crippen LogP contribution in [0.5, 0.6) is 5.75 Å². The molecule has 0 bridgehead atoms. The highest BCUT2D eigenvalue weighted by atomic mass is 16.5. The van der Waals surface area contributed by atoms with Crippen LogP contribution in [0.4, 0.5) is 22.7 Å². The van der Waals surface area contributed by atoms with E-state index in [1.54, 1.807) is 0 Å². The molecule has 324 valence electrons. The molecule has 0 unspecified atom stereocenters. The van der Waals surface area contributed by atoms with Crippen LogP contribution in [-0.2, 0) is 22.4 Å². The topological polar surface area (TPSA) is 85.0 Å². The van der Waals surface area contributed by atoms with Crippen molar-refractivity contribution in [2.45, 2.75) is 122 Å². The number of ether oxygens (including phenoxy) is 2. The monoisotopic (exact) mass is 831 g/mol. The summed E-state index contributed by atoms with van der Waals surface area (Å²) in [7, 11) is 0. The Balaban J connectivity index is 0.803. The van der Waals surface area contributed by atoms with Crippen molar-refractivity contribution >= 4 is 28.7 Å². The van der Waals surface area contributed by atoms with Crippen LogP contribution >= 0.6 is 0 Å². The van der Waals surface area contributed by atoms with Gasteiger partial charge in [0.15, 0.2) is 0 Å². The first-order valence-corrected chi connectivity index (χ1v) is 23.3. The zero-order valence-corrected chi connectivity index (χ0v) is 36.9. The van der Waals surface area contributed by atoms with Crippen LogP contribution in [0.3, 0.4) is 0 Å². The van der Waals surface area contributed by atoms with Gasteiger partial charge in [-0.3, -0.25) is 0 Å². The van der Waals surface area contributed by atoms with Crippen molar-refractivity contribution < 1.29 is 14.3 Å². The fourth-order valence-corrected chi connectivity index (χ4v) is 8.23. The molecule has 5 aromatic carbocycles. The summed E-state index contributed by atoms with van der Waals surface area (Å²) in [6.45, 7) is 6.87. The van der Waals surface area contributed by atoms with E-state index in [0.29, 0.717) is 19.1 Å². The van der Waals surface area contributed by atoms with Gasteiger partial charge in [0.2, 0.25) is 0 Å². The smallest absolute Gasteiger partial charge is 0.330 e. The van der Waals surface area contributed by atoms with Crippen molar-refractivity contribution in [3.8, 4) is 16.9 Å². The number of hydrogen-bond donors (Lipinski definition) is 0. The van der Waals surface area contributed by atoms with E-state index in [0.717, 1.165) is 72.9 Å². The Morgan fingerprint density at radius 3 is 1.58 bits per heavy atom. The number of azo groups is 2. The molecule has 0 aromatic heterocycles. The number of aryl methyl sites for hydroxylation is 2. The van der Waals surface area contributed by atoms with Crippen LogP contribution in [0.2, 0.25) is 0 Å². The fourth-order valence-electron chi connectivity index (χ4n) is 8.23. The number of esters is 1. The first kappa shape index (κ1) is 45.8. The lowest BCUT2D eigenvalue weighted by atomic mass is 9.77. The van der Waals surface area contributed by atoms with E-state index in [1.165, 1.54) is 105 Å². The molecule has 0 N–H and O–H groups in total. The second kappa shape index (κ2) is 25.9. The lowest BCUT2D eigenvalue weighted by Gasteiger charge is -2.29. The van der Waals surface area contributed by atoms with Gasteiger partial charge in [0.25, 0.3) is 0 Å². The summed E-state index contributed by atoms with van der Waals surface area (Å²) in [5, 5.41) is 17.5. The van der Waals surface area contributed by atoms with Crippen LogP contribution in [-0.4, -0.2) is 19.2 Å². The Kier molecular flexibility index (Phi) is 19.2. The Morgan fingerprint density at radius 1 is 0.548 bits per heavy atom. The molecule has 62 heavy (non-hydrogen) atoms. The Labute approximate surface area is 370 Å². The molecule has 1 aliphatic rings. The molecule has 1 aliphatic carbocycles. The van der Waals surface area contributed by atoms with Gasteiger partial charge in [-0.2, -0.15) is 20.5 Å². The van der Waals surface area contributed by atoms with E-state index in [4.69, 9.17) is 9.47 Å². The Bertz CT molecular complexity index is 2100. The molecule has 0 radical (unpaired) electrons. The maximum atomic E-state index is 11.1. The molecule has 0 spiro atoms. The maximum absolute atomic E-state index is 11.1. The van der Waals surface area contributed by atoms with Crippen molar-refractivity contribution in [3.05, 3.63) is 151 Å². The third kappa shape index (κ3) is 16.0. The van der Waals surface area contributed by atoms with Crippen molar-refractivity contribution in [2.75, 3.05) is 13.2 Å². The number of carbonyl (C=O) groups excluding carboxylic acids is 1. The van der Waals surface area contributed by atoms with Crippen LogP contribution in [0.15, 0.2) is 154 Å². The molecular formula is C55H66N4O3. The highest BCUT2D eigenvalue weighted by Crippen LogP contribution is 2.38. The normalized spacial score (nSPS) is 15.2. The van der Waals surface area contributed by atoms with E-state index in [2.05, 4.69) is 94.6 Å². The summed E-state index contributed by atoms with van der Waals surface area (Å²) in [4.78, 5) is 11.1. The van der Waals surface area contributed by atoms with Crippen LogP contribution in [0, 0.1) is 5.92 Å². The summed E-state index contributed by atoms with van der Waals surface area (Å²) in [5.41, 5.74) is 9.99. The minimum Gasteiger partial charge on any atom is -0.494 e. The molecule has 0 aliphatic heterocycles. The van der Waals surface area contributed by atoms with E-state index in [9.17, 15) is 4.79 Å². The number of benzene rings is 5. The molecule has 0 saturated heterocycles. The number of unbranched alkanes of at least 4 members (excludes halogenated alkanes) is 7. The lowest BCUT2D eigenvalue weighted by molar-refractivity contribution is -0.137. The minimum atomic E-state index is -0.316. The molecule has 1 saturated carbocycles. The first-order chi connectivity index (χ1) is 30.5. The second-order valence-electron chi connectivity index (χ2n) is 16.8. The minimum absolute atomic E-state index is 0.316. The number of rotatable bonds is 25. The lowest BCUT2D eigenvalue weighted by Crippen LogP contribution is -2.13. The second-order valence-corrected chi connectivity index (χ2v) is 16.8. The van der Waals surface area contributed by atoms with Gasteiger partial charge >= 0.3 is 5.97 Å². The Hall–Kier alpha value is -5.69. The zero-order valence-electron chi connectivity index (χ0n) is 36.9. The first-order valence-electron chi connectivity index (χ1n) is 23.3. The Morgan fingerprint density at radius 2 is 1.02 bits per heavy atom. The molecule has 0 amide bonds. The summed E-state index contributed by atoms with van der Waals surface area (Å²) in [6, 6.07) is 42.2. The van der Waals surface area contributed by atoms with E-state index >= 15 is 0 Å². The highest BCUT2D eigenvalue weighted by molar-refractivity contribution is 5.81. The molecule has 0 heterocycles. The summed E-state index contributed by atoms with van der Waals surface area (Å²) in [6.07, 6.45) is 21.6. The molecular weight excluding hydrogens is 765 g/mol. The largest absolute Gasteiger partial charge is 0.494 e. The van der Waals surface area contributed by atoms with Crippen LogP contribution < -0.4 is 4.74 Å². The summed E-state index contributed by atoms with van der Waals surface area (Å²) >= 11 is 0. The average Bonchev–Trinajstić information content (AvgIpc) is 3.33. The predicted molar refractivity (Wildman–Crippen MR) is 255 cm³/mol. The standard InChI is InChI=1S/C55H66N4O3/c1-3-5-14-43-21-31-50(32-22-43)56-57-51-33-35-52(36-34-51)58-59-53-37-39-54(40-38-53)61-41-12-8-6-10-15-44-17-23-46(24-18-44)48-27-29-49(30-28-48)47-25-19-45(20-26-47)16-11-7-9-13-42-62-55(60)4-2/h4,17-18,21-24,27-40,45,47H,2-3,5-16,19-20,25-26,41-42H2,1H3. The molecule has 0 atom stereocenters. The predicted octanol–water partition coefficient (Wildman–Crippen LogP) is 16.7. The van der Waals surface area contributed by atoms with Gasteiger partial charge in [-0.25, -0.2) is 4.79 Å². The van der Waals surface area contributed by atoms with Gasteiger partial charge in [0.1, 0.15) is 5.75 Å². The van der Waals surface area contributed by atoms with Crippen molar-refractivity contribution in [1.29, 1.82) is 0 Å². The van der Waals surface area contributed by atoms with Gasteiger partial charge in [0, 0.05) is 6.08 Å². The molecule has 5 aromatic rings.